The van der Waals surface area contributed by atoms with E-state index in [4.69, 9.17) is 5.10 Å². The number of rotatable bonds is 2. The molecule has 0 radical (unpaired) electrons. The minimum absolute atomic E-state index is 0.0487. The molecule has 0 amide bonds. The maximum absolute atomic E-state index is 4.83. The molecule has 1 saturated heterocycles. The second-order valence-corrected chi connectivity index (χ2v) is 8.13. The first kappa shape index (κ1) is 17.1. The number of hydrazone groups is 1. The predicted molar refractivity (Wildman–Crippen MR) is 109 cm³/mol. The van der Waals surface area contributed by atoms with Crippen LogP contribution in [0.4, 0.5) is 5.69 Å². The largest absolute Gasteiger partial charge is 0.369 e. The van der Waals surface area contributed by atoms with Gasteiger partial charge in [-0.1, -0.05) is 36.4 Å². The summed E-state index contributed by atoms with van der Waals surface area (Å²) in [6.07, 6.45) is 0.967. The summed E-state index contributed by atoms with van der Waals surface area (Å²) in [6, 6.07) is 17.5. The lowest BCUT2D eigenvalue weighted by Crippen LogP contribution is -2.44. The standard InChI is InChI=1S/C22H28N4/c1-22(2)16-18-7-4-5-10-20(18)21(23-24-22)17-8-6-9-19(15-17)26-13-11-25(3)12-14-26/h4-10,15,24H,11-14,16H2,1-3H3. The summed E-state index contributed by atoms with van der Waals surface area (Å²) < 4.78 is 0. The van der Waals surface area contributed by atoms with Gasteiger partial charge in [-0.2, -0.15) is 5.10 Å². The molecule has 1 N–H and O–H groups in total. The maximum atomic E-state index is 4.83. The number of hydrogen-bond donors (Lipinski definition) is 1. The second kappa shape index (κ2) is 6.76. The van der Waals surface area contributed by atoms with Gasteiger partial charge in [0.05, 0.1) is 11.3 Å². The maximum Gasteiger partial charge on any atom is 0.0977 e. The fourth-order valence-electron chi connectivity index (χ4n) is 3.82. The van der Waals surface area contributed by atoms with Crippen molar-refractivity contribution in [2.24, 2.45) is 5.10 Å². The Balaban J connectivity index is 1.71. The third-order valence-electron chi connectivity index (χ3n) is 5.36. The van der Waals surface area contributed by atoms with Gasteiger partial charge in [-0.05, 0) is 45.0 Å². The molecule has 0 saturated carbocycles. The number of benzene rings is 2. The van der Waals surface area contributed by atoms with Gasteiger partial charge in [0.15, 0.2) is 0 Å². The van der Waals surface area contributed by atoms with Crippen molar-refractivity contribution in [2.75, 3.05) is 38.1 Å². The molecule has 0 aliphatic carbocycles. The van der Waals surface area contributed by atoms with E-state index in [0.717, 1.165) is 38.3 Å². The molecule has 2 aromatic rings. The van der Waals surface area contributed by atoms with Crippen molar-refractivity contribution in [3.05, 3.63) is 65.2 Å². The average Bonchev–Trinajstić information content (AvgIpc) is 2.77. The molecule has 4 heteroatoms. The van der Waals surface area contributed by atoms with Crippen molar-refractivity contribution in [1.82, 2.24) is 10.3 Å². The van der Waals surface area contributed by atoms with Crippen LogP contribution in [0.15, 0.2) is 53.6 Å². The van der Waals surface area contributed by atoms with Crippen LogP contribution >= 0.6 is 0 Å². The first-order chi connectivity index (χ1) is 12.5. The predicted octanol–water partition coefficient (Wildman–Crippen LogP) is 3.12. The van der Waals surface area contributed by atoms with Gasteiger partial charge in [-0.25, -0.2) is 0 Å². The zero-order valence-electron chi connectivity index (χ0n) is 16.0. The summed E-state index contributed by atoms with van der Waals surface area (Å²) in [7, 11) is 2.19. The van der Waals surface area contributed by atoms with Gasteiger partial charge < -0.3 is 15.2 Å². The third-order valence-corrected chi connectivity index (χ3v) is 5.36. The molecule has 0 aromatic heterocycles. The lowest BCUT2D eigenvalue weighted by Gasteiger charge is -2.34. The van der Waals surface area contributed by atoms with E-state index in [0.29, 0.717) is 0 Å². The summed E-state index contributed by atoms with van der Waals surface area (Å²) in [5, 5.41) is 4.83. The zero-order chi connectivity index (χ0) is 18.1. The Kier molecular flexibility index (Phi) is 4.45. The normalized spacial score (nSPS) is 20.0. The Morgan fingerprint density at radius 2 is 1.73 bits per heavy atom. The molecule has 1 fully saturated rings. The molecule has 4 nitrogen and oxygen atoms in total. The third kappa shape index (κ3) is 3.47. The molecular weight excluding hydrogens is 320 g/mol. The Bertz CT molecular complexity index is 816. The number of hydrogen-bond acceptors (Lipinski definition) is 4. The van der Waals surface area contributed by atoms with Crippen LogP contribution in [0.2, 0.25) is 0 Å². The lowest BCUT2D eigenvalue weighted by atomic mass is 9.90. The van der Waals surface area contributed by atoms with E-state index in [2.05, 4.69) is 84.7 Å². The van der Waals surface area contributed by atoms with Gasteiger partial charge in [0.1, 0.15) is 0 Å². The van der Waals surface area contributed by atoms with Crippen molar-refractivity contribution < 1.29 is 0 Å². The molecule has 0 unspecified atom stereocenters. The summed E-state index contributed by atoms with van der Waals surface area (Å²) in [5.41, 5.74) is 9.44. The fourth-order valence-corrected chi connectivity index (χ4v) is 3.82. The molecule has 2 aromatic carbocycles. The molecule has 0 atom stereocenters. The first-order valence-corrected chi connectivity index (χ1v) is 9.49. The Hall–Kier alpha value is -2.33. The van der Waals surface area contributed by atoms with Gasteiger partial charge in [-0.15, -0.1) is 0 Å². The number of likely N-dealkylation sites (N-methyl/N-ethyl adjacent to an activating group) is 1. The zero-order valence-corrected chi connectivity index (χ0v) is 16.0. The molecule has 136 valence electrons. The van der Waals surface area contributed by atoms with Gasteiger partial charge in [0.25, 0.3) is 0 Å². The van der Waals surface area contributed by atoms with Crippen LogP contribution in [0.5, 0.6) is 0 Å². The van der Waals surface area contributed by atoms with E-state index in [9.17, 15) is 0 Å². The molecule has 2 aliphatic heterocycles. The summed E-state index contributed by atoms with van der Waals surface area (Å²) in [4.78, 5) is 4.86. The fraction of sp³-hybridized carbons (Fsp3) is 0.409. The smallest absolute Gasteiger partial charge is 0.0977 e. The second-order valence-electron chi connectivity index (χ2n) is 8.13. The van der Waals surface area contributed by atoms with Crippen molar-refractivity contribution in [3.8, 4) is 0 Å². The quantitative estimate of drug-likeness (QED) is 0.905. The van der Waals surface area contributed by atoms with Crippen LogP contribution in [-0.4, -0.2) is 49.4 Å². The lowest BCUT2D eigenvalue weighted by molar-refractivity contribution is 0.313. The molecule has 26 heavy (non-hydrogen) atoms. The van der Waals surface area contributed by atoms with Crippen LogP contribution in [0.1, 0.15) is 30.5 Å². The van der Waals surface area contributed by atoms with Crippen LogP contribution in [0.3, 0.4) is 0 Å². The number of anilines is 1. The summed E-state index contributed by atoms with van der Waals surface area (Å²) in [5.74, 6) is 0. The van der Waals surface area contributed by atoms with Gasteiger partial charge in [0, 0.05) is 43.0 Å². The van der Waals surface area contributed by atoms with Crippen molar-refractivity contribution in [2.45, 2.75) is 25.8 Å². The molecule has 0 bridgehead atoms. The van der Waals surface area contributed by atoms with Crippen LogP contribution in [-0.2, 0) is 6.42 Å². The van der Waals surface area contributed by atoms with Crippen molar-refractivity contribution in [3.63, 3.8) is 0 Å². The SMILES string of the molecule is CN1CCN(c2cccc(C3=NNC(C)(C)Cc4ccccc43)c2)CC1. The highest BCUT2D eigenvalue weighted by Crippen LogP contribution is 2.26. The van der Waals surface area contributed by atoms with E-state index in [-0.39, 0.29) is 5.54 Å². The van der Waals surface area contributed by atoms with Crippen LogP contribution in [0, 0.1) is 0 Å². The average molecular weight is 348 g/mol. The summed E-state index contributed by atoms with van der Waals surface area (Å²) in [6.45, 7) is 8.80. The van der Waals surface area contributed by atoms with Crippen LogP contribution < -0.4 is 10.3 Å². The van der Waals surface area contributed by atoms with E-state index in [1.807, 2.05) is 0 Å². The topological polar surface area (TPSA) is 30.9 Å². The van der Waals surface area contributed by atoms with Crippen molar-refractivity contribution in [1.29, 1.82) is 0 Å². The minimum Gasteiger partial charge on any atom is -0.369 e. The number of nitrogens with zero attached hydrogens (tertiary/aromatic N) is 3. The highest BCUT2D eigenvalue weighted by atomic mass is 15.3. The number of piperazine rings is 1. The highest BCUT2D eigenvalue weighted by molar-refractivity contribution is 6.14. The van der Waals surface area contributed by atoms with E-state index in [1.165, 1.54) is 22.4 Å². The molecular formula is C22H28N4. The van der Waals surface area contributed by atoms with Crippen LogP contribution in [0.25, 0.3) is 0 Å². The van der Waals surface area contributed by atoms with E-state index in [1.54, 1.807) is 0 Å². The van der Waals surface area contributed by atoms with Gasteiger partial charge in [0.2, 0.25) is 0 Å². The minimum atomic E-state index is -0.0487. The van der Waals surface area contributed by atoms with E-state index < -0.39 is 0 Å². The molecule has 0 spiro atoms. The Labute approximate surface area is 156 Å². The first-order valence-electron chi connectivity index (χ1n) is 9.49. The van der Waals surface area contributed by atoms with E-state index >= 15 is 0 Å². The Morgan fingerprint density at radius 1 is 0.962 bits per heavy atom. The monoisotopic (exact) mass is 348 g/mol. The molecule has 2 aliphatic rings. The molecule has 2 heterocycles. The highest BCUT2D eigenvalue weighted by Gasteiger charge is 2.25. The Morgan fingerprint density at radius 3 is 2.54 bits per heavy atom. The number of fused-ring (bicyclic) bond motifs is 1. The summed E-state index contributed by atoms with van der Waals surface area (Å²) >= 11 is 0. The number of nitrogens with one attached hydrogen (secondary N) is 1. The van der Waals surface area contributed by atoms with Crippen molar-refractivity contribution >= 4 is 11.4 Å². The molecule has 4 rings (SSSR count). The van der Waals surface area contributed by atoms with Gasteiger partial charge >= 0.3 is 0 Å². The van der Waals surface area contributed by atoms with Gasteiger partial charge in [-0.3, -0.25) is 0 Å².